The van der Waals surface area contributed by atoms with Gasteiger partial charge in [0.15, 0.2) is 6.61 Å². The summed E-state index contributed by atoms with van der Waals surface area (Å²) in [6.45, 7) is 1.01. The number of hydrazone groups is 1. The number of ether oxygens (including phenoxy) is 1. The van der Waals surface area contributed by atoms with E-state index in [1.807, 2.05) is 0 Å². The average molecular weight is 492 g/mol. The molecule has 1 aliphatic rings. The second kappa shape index (κ2) is 7.97. The van der Waals surface area contributed by atoms with E-state index in [2.05, 4.69) is 21.0 Å². The lowest BCUT2D eigenvalue weighted by atomic mass is 10.0. The third-order valence-corrected chi connectivity index (χ3v) is 5.24. The Kier molecular flexibility index (Phi) is 5.93. The summed E-state index contributed by atoms with van der Waals surface area (Å²) in [4.78, 5) is 12.5. The second-order valence-electron chi connectivity index (χ2n) is 6.45. The summed E-state index contributed by atoms with van der Waals surface area (Å²) in [6, 6.07) is 11.0. The summed E-state index contributed by atoms with van der Waals surface area (Å²) in [6.07, 6.45) is -6.01. The molecule has 10 heteroatoms. The summed E-state index contributed by atoms with van der Waals surface area (Å²) in [5.74, 6) is -0.939. The number of aliphatic hydroxyl groups is 1. The molecule has 0 radical (unpaired) electrons. The Morgan fingerprint density at radius 1 is 1.34 bits per heavy atom. The monoisotopic (exact) mass is 490 g/mol. The zero-order valence-electron chi connectivity index (χ0n) is 15.0. The number of hydrogen-bond acceptors (Lipinski definition) is 4. The first-order valence-corrected chi connectivity index (χ1v) is 9.53. The Hall–Kier alpha value is -2.10. The first-order valence-electron chi connectivity index (χ1n) is 8.36. The minimum absolute atomic E-state index is 0.0407. The fraction of sp³-hybridized carbons (Fsp3) is 0.263. The number of nitrogens with zero attached hydrogens (tertiary/aromatic N) is 2. The molecule has 154 valence electrons. The molecule has 0 saturated heterocycles. The van der Waals surface area contributed by atoms with Crippen molar-refractivity contribution >= 4 is 39.1 Å². The van der Waals surface area contributed by atoms with Gasteiger partial charge >= 0.3 is 6.18 Å². The van der Waals surface area contributed by atoms with Crippen molar-refractivity contribution in [3.05, 3.63) is 63.1 Å². The van der Waals surface area contributed by atoms with Crippen LogP contribution in [-0.4, -0.2) is 40.2 Å². The van der Waals surface area contributed by atoms with E-state index >= 15 is 0 Å². The maximum atomic E-state index is 13.6. The molecule has 1 aliphatic heterocycles. The molecule has 1 atom stereocenters. The Morgan fingerprint density at radius 2 is 2.07 bits per heavy atom. The van der Waals surface area contributed by atoms with Gasteiger partial charge < -0.3 is 9.84 Å². The van der Waals surface area contributed by atoms with Gasteiger partial charge in [-0.15, -0.1) is 0 Å². The number of carbonyl (C=O) groups excluding carboxylic acids is 1. The molecule has 1 N–H and O–H groups in total. The summed E-state index contributed by atoms with van der Waals surface area (Å²) in [5.41, 5.74) is -2.41. The maximum Gasteiger partial charge on any atom is 0.438 e. The van der Waals surface area contributed by atoms with Gasteiger partial charge in [0.25, 0.3) is 11.6 Å². The number of alkyl halides is 3. The molecule has 3 rings (SSSR count). The normalized spacial score (nSPS) is 19.3. The highest BCUT2D eigenvalue weighted by atomic mass is 79.9. The molecular formula is C19H15BrClF3N2O3. The van der Waals surface area contributed by atoms with E-state index in [0.717, 1.165) is 5.56 Å². The van der Waals surface area contributed by atoms with Crippen molar-refractivity contribution < 1.29 is 27.8 Å². The molecule has 1 heterocycles. The van der Waals surface area contributed by atoms with Gasteiger partial charge in [-0.05, 0) is 42.3 Å². The van der Waals surface area contributed by atoms with Crippen LogP contribution < -0.4 is 4.74 Å². The van der Waals surface area contributed by atoms with E-state index in [4.69, 9.17) is 16.3 Å². The molecule has 0 fully saturated rings. The minimum atomic E-state index is -5.12. The SMILES string of the molecule is Cc1ccc(OCC(=O)N2N=C(c3cccc(Br)c3)C[C@@]2(O)C(F)(F)F)cc1Cl. The van der Waals surface area contributed by atoms with E-state index < -0.39 is 30.8 Å². The lowest BCUT2D eigenvalue weighted by Gasteiger charge is -2.32. The molecule has 0 bridgehead atoms. The molecule has 0 spiro atoms. The van der Waals surface area contributed by atoms with Gasteiger partial charge in [-0.1, -0.05) is 45.7 Å². The smallest absolute Gasteiger partial charge is 0.438 e. The number of rotatable bonds is 4. The highest BCUT2D eigenvalue weighted by Gasteiger charge is 2.63. The molecule has 2 aromatic rings. The van der Waals surface area contributed by atoms with Crippen molar-refractivity contribution in [2.75, 3.05) is 6.61 Å². The summed E-state index contributed by atoms with van der Waals surface area (Å²) >= 11 is 9.20. The molecular weight excluding hydrogens is 477 g/mol. The number of aryl methyl sites for hydroxylation is 1. The van der Waals surface area contributed by atoms with E-state index in [9.17, 15) is 23.1 Å². The third kappa shape index (κ3) is 4.41. The lowest BCUT2D eigenvalue weighted by Crippen LogP contribution is -2.57. The topological polar surface area (TPSA) is 62.1 Å². The summed E-state index contributed by atoms with van der Waals surface area (Å²) < 4.78 is 46.7. The molecule has 0 unspecified atom stereocenters. The Labute approximate surface area is 177 Å². The highest BCUT2D eigenvalue weighted by molar-refractivity contribution is 9.10. The average Bonchev–Trinajstić information content (AvgIpc) is 3.01. The van der Waals surface area contributed by atoms with E-state index in [-0.39, 0.29) is 16.5 Å². The molecule has 5 nitrogen and oxygen atoms in total. The van der Waals surface area contributed by atoms with Crippen LogP contribution in [0.3, 0.4) is 0 Å². The van der Waals surface area contributed by atoms with Crippen molar-refractivity contribution in [2.45, 2.75) is 25.2 Å². The Morgan fingerprint density at radius 3 is 2.69 bits per heavy atom. The fourth-order valence-electron chi connectivity index (χ4n) is 2.73. The van der Waals surface area contributed by atoms with E-state index in [0.29, 0.717) is 15.1 Å². The maximum absolute atomic E-state index is 13.6. The van der Waals surface area contributed by atoms with E-state index in [1.54, 1.807) is 37.3 Å². The van der Waals surface area contributed by atoms with Crippen molar-refractivity contribution in [1.82, 2.24) is 5.01 Å². The lowest BCUT2D eigenvalue weighted by molar-refractivity contribution is -0.302. The number of carbonyl (C=O) groups is 1. The number of amides is 1. The summed E-state index contributed by atoms with van der Waals surface area (Å²) in [5, 5.41) is 14.5. The van der Waals surface area contributed by atoms with Crippen LogP contribution in [0.15, 0.2) is 52.0 Å². The summed E-state index contributed by atoms with van der Waals surface area (Å²) in [7, 11) is 0. The van der Waals surface area contributed by atoms with Crippen molar-refractivity contribution in [3.63, 3.8) is 0 Å². The second-order valence-corrected chi connectivity index (χ2v) is 7.78. The Balaban J connectivity index is 1.85. The van der Waals surface area contributed by atoms with Crippen LogP contribution in [0, 0.1) is 6.92 Å². The van der Waals surface area contributed by atoms with Gasteiger partial charge in [-0.25, -0.2) is 0 Å². The predicted octanol–water partition coefficient (Wildman–Crippen LogP) is 4.68. The minimum Gasteiger partial charge on any atom is -0.484 e. The van der Waals surface area contributed by atoms with Crippen LogP contribution in [0.5, 0.6) is 5.75 Å². The number of halogens is 5. The predicted molar refractivity (Wildman–Crippen MR) is 105 cm³/mol. The molecule has 2 aromatic carbocycles. The van der Waals surface area contributed by atoms with Crippen LogP contribution in [0.2, 0.25) is 5.02 Å². The van der Waals surface area contributed by atoms with Crippen LogP contribution in [0.25, 0.3) is 0 Å². The standard InChI is InChI=1S/C19H15BrClF3N2O3/c1-11-5-6-14(8-15(11)21)29-10-17(27)26-18(28,19(22,23)24)9-16(25-26)12-3-2-4-13(20)7-12/h2-8,28H,9-10H2,1H3/t18-/m1/s1. The zero-order valence-corrected chi connectivity index (χ0v) is 17.3. The van der Waals surface area contributed by atoms with Crippen LogP contribution in [0.4, 0.5) is 13.2 Å². The van der Waals surface area contributed by atoms with Gasteiger partial charge in [0, 0.05) is 9.50 Å². The van der Waals surface area contributed by atoms with E-state index in [1.165, 1.54) is 12.1 Å². The molecule has 0 saturated carbocycles. The van der Waals surface area contributed by atoms with Gasteiger partial charge in [0.05, 0.1) is 12.1 Å². The van der Waals surface area contributed by atoms with Gasteiger partial charge in [-0.3, -0.25) is 4.79 Å². The number of benzene rings is 2. The van der Waals surface area contributed by atoms with Crippen LogP contribution in [-0.2, 0) is 4.79 Å². The van der Waals surface area contributed by atoms with Gasteiger partial charge in [0.1, 0.15) is 5.75 Å². The Bertz CT molecular complexity index is 983. The van der Waals surface area contributed by atoms with Crippen molar-refractivity contribution in [1.29, 1.82) is 0 Å². The van der Waals surface area contributed by atoms with Gasteiger partial charge in [-0.2, -0.15) is 23.3 Å². The molecule has 1 amide bonds. The van der Waals surface area contributed by atoms with Crippen LogP contribution >= 0.6 is 27.5 Å². The van der Waals surface area contributed by atoms with Crippen LogP contribution in [0.1, 0.15) is 17.5 Å². The number of hydrogen-bond donors (Lipinski definition) is 1. The first-order chi connectivity index (χ1) is 13.5. The quantitative estimate of drug-likeness (QED) is 0.676. The fourth-order valence-corrected chi connectivity index (χ4v) is 3.30. The third-order valence-electron chi connectivity index (χ3n) is 4.34. The largest absolute Gasteiger partial charge is 0.484 e. The molecule has 0 aliphatic carbocycles. The highest BCUT2D eigenvalue weighted by Crippen LogP contribution is 2.41. The van der Waals surface area contributed by atoms with Crippen molar-refractivity contribution in [3.8, 4) is 5.75 Å². The van der Waals surface area contributed by atoms with Crippen molar-refractivity contribution in [2.24, 2.45) is 5.10 Å². The van der Waals surface area contributed by atoms with Gasteiger partial charge in [0.2, 0.25) is 0 Å². The molecule has 0 aromatic heterocycles. The zero-order chi connectivity index (χ0) is 21.4. The first kappa shape index (κ1) is 21.6. The molecule has 29 heavy (non-hydrogen) atoms.